The number of esters is 1. The SMILES string of the molecule is COC(=O)C(=O)OP1(OC=O)(OC=O)OC(=O)C(=O)O1. The van der Waals surface area contributed by atoms with Crippen LogP contribution < -0.4 is 0 Å². The summed E-state index contributed by atoms with van der Waals surface area (Å²) in [5.74, 6) is -7.10. The molecular weight excluding hydrogens is 307 g/mol. The maximum absolute atomic E-state index is 11.3. The fourth-order valence-electron chi connectivity index (χ4n) is 0.952. The van der Waals surface area contributed by atoms with Crippen molar-refractivity contribution in [1.82, 2.24) is 0 Å². The molecule has 0 spiro atoms. The summed E-state index contributed by atoms with van der Waals surface area (Å²) >= 11 is 0. The van der Waals surface area contributed by atoms with Gasteiger partial charge in [-0.25, -0.2) is 0 Å². The zero-order valence-electron chi connectivity index (χ0n) is 9.50. The molecule has 0 amide bonds. The van der Waals surface area contributed by atoms with Gasteiger partial charge in [0.1, 0.15) is 0 Å². The third kappa shape index (κ3) is 2.49. The predicted molar refractivity (Wildman–Crippen MR) is 51.5 cm³/mol. The van der Waals surface area contributed by atoms with Crippen LogP contribution in [0, 0.1) is 0 Å². The molecule has 13 heteroatoms. The third-order valence-corrected chi connectivity index (χ3v) is 3.90. The van der Waals surface area contributed by atoms with E-state index in [2.05, 4.69) is 27.4 Å². The van der Waals surface area contributed by atoms with Gasteiger partial charge in [0.25, 0.3) is 0 Å². The normalized spacial score (nSPS) is 20.1. The van der Waals surface area contributed by atoms with Gasteiger partial charge in [-0.3, -0.25) is 0 Å². The molecule has 1 heterocycles. The monoisotopic (exact) mass is 312 g/mol. The Morgan fingerprint density at radius 3 is 1.80 bits per heavy atom. The van der Waals surface area contributed by atoms with Crippen LogP contribution in [-0.4, -0.2) is 43.9 Å². The molecular formula is C7H5O12P. The second-order valence-electron chi connectivity index (χ2n) is 2.78. The summed E-state index contributed by atoms with van der Waals surface area (Å²) in [5.41, 5.74) is 0. The summed E-state index contributed by atoms with van der Waals surface area (Å²) in [6, 6.07) is 0. The van der Waals surface area contributed by atoms with Gasteiger partial charge in [-0.1, -0.05) is 0 Å². The second-order valence-corrected chi connectivity index (χ2v) is 5.24. The summed E-state index contributed by atoms with van der Waals surface area (Å²) in [6.45, 7) is -0.977. The fourth-order valence-corrected chi connectivity index (χ4v) is 2.69. The van der Waals surface area contributed by atoms with Gasteiger partial charge >= 0.3 is 108 Å². The number of ether oxygens (including phenoxy) is 1. The fraction of sp³-hybridized carbons (Fsp3) is 0.143. The molecule has 0 aromatic heterocycles. The summed E-state index contributed by atoms with van der Waals surface area (Å²) < 4.78 is 24.6. The van der Waals surface area contributed by atoms with E-state index in [1.54, 1.807) is 0 Å². The number of hydrogen-bond donors (Lipinski definition) is 0. The van der Waals surface area contributed by atoms with Crippen molar-refractivity contribution in [2.24, 2.45) is 0 Å². The van der Waals surface area contributed by atoms with E-state index in [4.69, 9.17) is 0 Å². The van der Waals surface area contributed by atoms with Crippen molar-refractivity contribution < 1.29 is 56.1 Å². The third-order valence-electron chi connectivity index (χ3n) is 1.65. The molecule has 0 unspecified atom stereocenters. The van der Waals surface area contributed by atoms with Crippen LogP contribution in [-0.2, 0) is 56.1 Å². The Balaban J connectivity index is 3.25. The Labute approximate surface area is 109 Å². The van der Waals surface area contributed by atoms with Crippen molar-refractivity contribution in [3.63, 3.8) is 0 Å². The van der Waals surface area contributed by atoms with Gasteiger partial charge in [0.15, 0.2) is 0 Å². The van der Waals surface area contributed by atoms with Gasteiger partial charge in [-0.15, -0.1) is 0 Å². The summed E-state index contributed by atoms with van der Waals surface area (Å²) in [5, 5.41) is 0. The molecule has 0 atom stereocenters. The van der Waals surface area contributed by atoms with Gasteiger partial charge in [0, 0.05) is 0 Å². The van der Waals surface area contributed by atoms with Gasteiger partial charge in [-0.2, -0.15) is 0 Å². The molecule has 0 aromatic rings. The van der Waals surface area contributed by atoms with Crippen LogP contribution >= 0.6 is 7.74 Å². The van der Waals surface area contributed by atoms with E-state index < -0.39 is 44.6 Å². The van der Waals surface area contributed by atoms with Gasteiger partial charge < -0.3 is 0 Å². The zero-order valence-corrected chi connectivity index (χ0v) is 10.4. The van der Waals surface area contributed by atoms with Crippen LogP contribution in [0.5, 0.6) is 0 Å². The van der Waals surface area contributed by atoms with Crippen LogP contribution in [0.2, 0.25) is 0 Å². The van der Waals surface area contributed by atoms with Crippen molar-refractivity contribution in [2.75, 3.05) is 7.11 Å². The molecule has 0 aliphatic carbocycles. The quantitative estimate of drug-likeness (QED) is 0.245. The van der Waals surface area contributed by atoms with E-state index in [0.29, 0.717) is 0 Å². The van der Waals surface area contributed by atoms with Crippen LogP contribution in [0.25, 0.3) is 0 Å². The van der Waals surface area contributed by atoms with E-state index in [1.807, 2.05) is 0 Å². The van der Waals surface area contributed by atoms with Crippen molar-refractivity contribution in [2.45, 2.75) is 0 Å². The molecule has 1 aliphatic heterocycles. The minimum absolute atomic E-state index is 0.488. The number of methoxy groups -OCH3 is 1. The molecule has 12 nitrogen and oxygen atoms in total. The minimum atomic E-state index is -6.02. The molecule has 110 valence electrons. The Morgan fingerprint density at radius 2 is 1.45 bits per heavy atom. The average Bonchev–Trinajstić information content (AvgIpc) is 2.61. The summed E-state index contributed by atoms with van der Waals surface area (Å²) in [4.78, 5) is 65.0. The van der Waals surface area contributed by atoms with Crippen LogP contribution in [0.1, 0.15) is 0 Å². The van der Waals surface area contributed by atoms with E-state index in [9.17, 15) is 28.8 Å². The van der Waals surface area contributed by atoms with Gasteiger partial charge in [-0.05, 0) is 0 Å². The van der Waals surface area contributed by atoms with Crippen LogP contribution in [0.3, 0.4) is 0 Å². The predicted octanol–water partition coefficient (Wildman–Crippen LogP) is -1.72. The average molecular weight is 312 g/mol. The van der Waals surface area contributed by atoms with Crippen molar-refractivity contribution in [1.29, 1.82) is 0 Å². The number of carbonyl (C=O) groups is 6. The molecule has 0 N–H and O–H groups in total. The van der Waals surface area contributed by atoms with E-state index in [-0.39, 0.29) is 0 Å². The van der Waals surface area contributed by atoms with Crippen molar-refractivity contribution >= 4 is 44.6 Å². The molecule has 20 heavy (non-hydrogen) atoms. The van der Waals surface area contributed by atoms with E-state index in [1.165, 1.54) is 0 Å². The van der Waals surface area contributed by atoms with Crippen molar-refractivity contribution in [3.05, 3.63) is 0 Å². The van der Waals surface area contributed by atoms with Crippen LogP contribution in [0.4, 0.5) is 0 Å². The Morgan fingerprint density at radius 1 is 1.00 bits per heavy atom. The van der Waals surface area contributed by atoms with Crippen LogP contribution in [0.15, 0.2) is 0 Å². The Kier molecular flexibility index (Phi) is 3.90. The molecule has 1 fully saturated rings. The first-order chi connectivity index (χ1) is 9.31. The molecule has 1 rings (SSSR count). The summed E-state index contributed by atoms with van der Waals surface area (Å²) in [7, 11) is -5.23. The molecule has 0 aromatic carbocycles. The molecule has 0 radical (unpaired) electrons. The summed E-state index contributed by atoms with van der Waals surface area (Å²) in [6.07, 6.45) is 0. The second kappa shape index (κ2) is 5.09. The Bertz CT molecular complexity index is 478. The topological polar surface area (TPSA) is 158 Å². The number of rotatable bonds is 5. The standard InChI is InChI=1S/C7H5O12P/c1-14-4(10)5(11)17-20(15-2-8,16-3-9)18-6(12)7(13)19-20/h2-3H,1H3. The first-order valence-corrected chi connectivity index (χ1v) is 6.22. The maximum atomic E-state index is 11.3. The molecule has 1 saturated heterocycles. The van der Waals surface area contributed by atoms with Gasteiger partial charge in [0.05, 0.1) is 0 Å². The first-order valence-electron chi connectivity index (χ1n) is 4.40. The number of hydrogen-bond acceptors (Lipinski definition) is 12. The van der Waals surface area contributed by atoms with E-state index >= 15 is 0 Å². The molecule has 1 aliphatic rings. The first kappa shape index (κ1) is 15.3. The molecule has 0 saturated carbocycles. The van der Waals surface area contributed by atoms with E-state index in [0.717, 1.165) is 7.11 Å². The Hall–Kier alpha value is -2.75. The number of carbonyl (C=O) groups excluding carboxylic acids is 6. The molecule has 0 bridgehead atoms. The van der Waals surface area contributed by atoms with Crippen molar-refractivity contribution in [3.8, 4) is 0 Å². The van der Waals surface area contributed by atoms with Gasteiger partial charge in [0.2, 0.25) is 0 Å². The zero-order chi connectivity index (χ0) is 15.4.